The lowest BCUT2D eigenvalue weighted by molar-refractivity contribution is -0.161. The predicted octanol–water partition coefficient (Wildman–Crippen LogP) is 2.79. The van der Waals surface area contributed by atoms with Gasteiger partial charge in [-0.1, -0.05) is 0 Å². The van der Waals surface area contributed by atoms with Crippen molar-refractivity contribution in [2.45, 2.75) is 39.1 Å². The molecule has 1 aliphatic rings. The van der Waals surface area contributed by atoms with E-state index in [4.69, 9.17) is 18.9 Å². The SMILES string of the molecule is COc1cc(OC)c2c(c1)[C@@H](OC(C)=O)[C@H](C)O[C@@H]2C. The van der Waals surface area contributed by atoms with Crippen molar-refractivity contribution >= 4 is 5.97 Å². The Morgan fingerprint density at radius 3 is 2.45 bits per heavy atom. The summed E-state index contributed by atoms with van der Waals surface area (Å²) in [5, 5.41) is 0. The van der Waals surface area contributed by atoms with Gasteiger partial charge >= 0.3 is 5.97 Å². The molecule has 0 unspecified atom stereocenters. The van der Waals surface area contributed by atoms with Crippen LogP contribution in [0.5, 0.6) is 11.5 Å². The Hall–Kier alpha value is -1.75. The highest BCUT2D eigenvalue weighted by atomic mass is 16.6. The lowest BCUT2D eigenvalue weighted by Gasteiger charge is -2.35. The van der Waals surface area contributed by atoms with Crippen LogP contribution in [0, 0.1) is 0 Å². The van der Waals surface area contributed by atoms with Crippen LogP contribution in [0.15, 0.2) is 12.1 Å². The summed E-state index contributed by atoms with van der Waals surface area (Å²) in [5.41, 5.74) is 1.78. The first-order valence-electron chi connectivity index (χ1n) is 6.56. The van der Waals surface area contributed by atoms with Crippen LogP contribution in [0.2, 0.25) is 0 Å². The molecule has 0 aromatic heterocycles. The molecule has 20 heavy (non-hydrogen) atoms. The van der Waals surface area contributed by atoms with Gasteiger partial charge in [0.1, 0.15) is 11.5 Å². The fourth-order valence-electron chi connectivity index (χ4n) is 2.63. The highest BCUT2D eigenvalue weighted by Crippen LogP contribution is 2.44. The topological polar surface area (TPSA) is 54.0 Å². The van der Waals surface area contributed by atoms with Crippen molar-refractivity contribution in [3.05, 3.63) is 23.3 Å². The normalized spacial score (nSPS) is 24.8. The number of methoxy groups -OCH3 is 2. The third-order valence-electron chi connectivity index (χ3n) is 3.45. The molecule has 0 radical (unpaired) electrons. The number of hydrogen-bond donors (Lipinski definition) is 0. The second kappa shape index (κ2) is 5.71. The molecule has 110 valence electrons. The van der Waals surface area contributed by atoms with E-state index in [0.717, 1.165) is 11.1 Å². The van der Waals surface area contributed by atoms with Gasteiger partial charge in [-0.2, -0.15) is 0 Å². The molecule has 0 fully saturated rings. The van der Waals surface area contributed by atoms with E-state index in [-0.39, 0.29) is 18.2 Å². The van der Waals surface area contributed by atoms with Crippen molar-refractivity contribution in [2.75, 3.05) is 14.2 Å². The Morgan fingerprint density at radius 1 is 1.20 bits per heavy atom. The van der Waals surface area contributed by atoms with Crippen molar-refractivity contribution in [1.82, 2.24) is 0 Å². The van der Waals surface area contributed by atoms with Gasteiger partial charge in [0.15, 0.2) is 6.10 Å². The van der Waals surface area contributed by atoms with Gasteiger partial charge in [0.05, 0.1) is 26.4 Å². The van der Waals surface area contributed by atoms with Crippen LogP contribution in [0.4, 0.5) is 0 Å². The zero-order chi connectivity index (χ0) is 14.9. The van der Waals surface area contributed by atoms with Gasteiger partial charge in [0, 0.05) is 24.1 Å². The number of carbonyl (C=O) groups excluding carboxylic acids is 1. The first-order chi connectivity index (χ1) is 9.47. The standard InChI is InChI=1S/C15H20O5/c1-8-14-12(6-11(17-4)7-13(14)18-5)15(9(2)19-8)20-10(3)16/h6-9,15H,1-5H3/t8-,9+,15+/m1/s1. The zero-order valence-electron chi connectivity index (χ0n) is 12.4. The van der Waals surface area contributed by atoms with Crippen LogP contribution < -0.4 is 9.47 Å². The van der Waals surface area contributed by atoms with Crippen LogP contribution in [0.25, 0.3) is 0 Å². The third-order valence-corrected chi connectivity index (χ3v) is 3.45. The van der Waals surface area contributed by atoms with Crippen LogP contribution in [0.1, 0.15) is 44.1 Å². The maximum Gasteiger partial charge on any atom is 0.303 e. The van der Waals surface area contributed by atoms with Gasteiger partial charge in [-0.15, -0.1) is 0 Å². The van der Waals surface area contributed by atoms with Crippen molar-refractivity contribution in [1.29, 1.82) is 0 Å². The van der Waals surface area contributed by atoms with E-state index in [1.54, 1.807) is 20.3 Å². The lowest BCUT2D eigenvalue weighted by Crippen LogP contribution is -2.31. The molecule has 0 bridgehead atoms. The lowest BCUT2D eigenvalue weighted by atomic mass is 9.91. The van der Waals surface area contributed by atoms with E-state index >= 15 is 0 Å². The molecule has 0 aliphatic carbocycles. The molecule has 0 amide bonds. The molecule has 3 atom stereocenters. The van der Waals surface area contributed by atoms with E-state index in [2.05, 4.69) is 0 Å². The largest absolute Gasteiger partial charge is 0.497 e. The monoisotopic (exact) mass is 280 g/mol. The van der Waals surface area contributed by atoms with E-state index in [9.17, 15) is 4.79 Å². The van der Waals surface area contributed by atoms with Crippen molar-refractivity contribution in [3.63, 3.8) is 0 Å². The Bertz CT molecular complexity index is 511. The Kier molecular flexibility index (Phi) is 4.18. The minimum atomic E-state index is -0.456. The quantitative estimate of drug-likeness (QED) is 0.797. The number of rotatable bonds is 3. The minimum absolute atomic E-state index is 0.132. The fraction of sp³-hybridized carbons (Fsp3) is 0.533. The summed E-state index contributed by atoms with van der Waals surface area (Å²) in [6.07, 6.45) is -0.812. The number of carbonyl (C=O) groups is 1. The summed E-state index contributed by atoms with van der Waals surface area (Å²) in [6, 6.07) is 3.68. The summed E-state index contributed by atoms with van der Waals surface area (Å²) >= 11 is 0. The summed E-state index contributed by atoms with van der Waals surface area (Å²) in [7, 11) is 3.19. The first-order valence-corrected chi connectivity index (χ1v) is 6.56. The number of hydrogen-bond acceptors (Lipinski definition) is 5. The third kappa shape index (κ3) is 2.58. The molecule has 1 aromatic rings. The second-order valence-electron chi connectivity index (χ2n) is 4.85. The predicted molar refractivity (Wildman–Crippen MR) is 73.0 cm³/mol. The molecular weight excluding hydrogens is 260 g/mol. The molecule has 0 saturated heterocycles. The summed E-state index contributed by atoms with van der Waals surface area (Å²) in [6.45, 7) is 5.23. The number of fused-ring (bicyclic) bond motifs is 1. The second-order valence-corrected chi connectivity index (χ2v) is 4.85. The van der Waals surface area contributed by atoms with Crippen molar-refractivity contribution < 1.29 is 23.7 Å². The fourth-order valence-corrected chi connectivity index (χ4v) is 2.63. The minimum Gasteiger partial charge on any atom is -0.497 e. The van der Waals surface area contributed by atoms with Gasteiger partial charge in [0.25, 0.3) is 0 Å². The Balaban J connectivity index is 2.57. The number of esters is 1. The van der Waals surface area contributed by atoms with E-state index in [1.165, 1.54) is 6.92 Å². The molecule has 5 heteroatoms. The molecule has 1 heterocycles. The van der Waals surface area contributed by atoms with Gasteiger partial charge in [-0.25, -0.2) is 0 Å². The maximum atomic E-state index is 11.3. The molecule has 1 aromatic carbocycles. The average Bonchev–Trinajstić information content (AvgIpc) is 2.41. The average molecular weight is 280 g/mol. The van der Waals surface area contributed by atoms with Crippen LogP contribution >= 0.6 is 0 Å². The Labute approximate surface area is 118 Å². The molecule has 0 N–H and O–H groups in total. The van der Waals surface area contributed by atoms with Crippen LogP contribution in [-0.2, 0) is 14.3 Å². The number of benzene rings is 1. The van der Waals surface area contributed by atoms with Gasteiger partial charge < -0.3 is 18.9 Å². The number of ether oxygens (including phenoxy) is 4. The summed E-state index contributed by atoms with van der Waals surface area (Å²) < 4.78 is 21.9. The van der Waals surface area contributed by atoms with Gasteiger partial charge in [-0.3, -0.25) is 4.79 Å². The molecule has 0 saturated carbocycles. The Morgan fingerprint density at radius 2 is 1.90 bits per heavy atom. The zero-order valence-corrected chi connectivity index (χ0v) is 12.4. The van der Waals surface area contributed by atoms with Crippen molar-refractivity contribution in [3.8, 4) is 11.5 Å². The molecule has 0 spiro atoms. The van der Waals surface area contributed by atoms with Gasteiger partial charge in [0.2, 0.25) is 0 Å². The van der Waals surface area contributed by atoms with Crippen LogP contribution in [-0.4, -0.2) is 26.3 Å². The van der Waals surface area contributed by atoms with Gasteiger partial charge in [-0.05, 0) is 19.9 Å². The summed E-state index contributed by atoms with van der Waals surface area (Å²) in [4.78, 5) is 11.3. The molecule has 1 aliphatic heterocycles. The maximum absolute atomic E-state index is 11.3. The van der Waals surface area contributed by atoms with E-state index in [1.807, 2.05) is 19.9 Å². The van der Waals surface area contributed by atoms with Crippen LogP contribution in [0.3, 0.4) is 0 Å². The molecule has 2 rings (SSSR count). The molecular formula is C15H20O5. The first kappa shape index (κ1) is 14.7. The van der Waals surface area contributed by atoms with E-state index < -0.39 is 6.10 Å². The highest BCUT2D eigenvalue weighted by Gasteiger charge is 2.36. The molecule has 5 nitrogen and oxygen atoms in total. The van der Waals surface area contributed by atoms with Crippen molar-refractivity contribution in [2.24, 2.45) is 0 Å². The summed E-state index contributed by atoms with van der Waals surface area (Å²) in [5.74, 6) is 1.00. The van der Waals surface area contributed by atoms with E-state index in [0.29, 0.717) is 11.5 Å². The highest BCUT2D eigenvalue weighted by molar-refractivity contribution is 5.66. The smallest absolute Gasteiger partial charge is 0.303 e.